The standard InChI is InChI=1S/C12H17N3O2/c16-11(14-9-4-1-2-5-9)10-8-13-15-6-3-7-17-12(10)15/h8-9H,1-7H2,(H,14,16). The molecule has 0 bridgehead atoms. The van der Waals surface area contributed by atoms with Gasteiger partial charge < -0.3 is 10.1 Å². The first-order valence-electron chi connectivity index (χ1n) is 6.34. The van der Waals surface area contributed by atoms with Crippen LogP contribution in [-0.4, -0.2) is 28.3 Å². The lowest BCUT2D eigenvalue weighted by atomic mass is 10.2. The van der Waals surface area contributed by atoms with Crippen molar-refractivity contribution in [2.75, 3.05) is 6.61 Å². The second-order valence-electron chi connectivity index (χ2n) is 4.74. The van der Waals surface area contributed by atoms with Gasteiger partial charge in [0.15, 0.2) is 0 Å². The van der Waals surface area contributed by atoms with E-state index in [1.54, 1.807) is 10.9 Å². The third-order valence-electron chi connectivity index (χ3n) is 3.48. The van der Waals surface area contributed by atoms with Crippen LogP contribution in [-0.2, 0) is 6.54 Å². The zero-order valence-electron chi connectivity index (χ0n) is 9.82. The van der Waals surface area contributed by atoms with E-state index in [1.807, 2.05) is 0 Å². The maximum Gasteiger partial charge on any atom is 0.258 e. The van der Waals surface area contributed by atoms with Crippen molar-refractivity contribution < 1.29 is 9.53 Å². The van der Waals surface area contributed by atoms with E-state index in [0.717, 1.165) is 25.8 Å². The quantitative estimate of drug-likeness (QED) is 0.841. The van der Waals surface area contributed by atoms with Gasteiger partial charge in [-0.1, -0.05) is 12.8 Å². The summed E-state index contributed by atoms with van der Waals surface area (Å²) in [6.45, 7) is 1.52. The zero-order chi connectivity index (χ0) is 11.7. The molecular weight excluding hydrogens is 218 g/mol. The number of aromatic nitrogens is 2. The summed E-state index contributed by atoms with van der Waals surface area (Å²) in [6, 6.07) is 0.335. The van der Waals surface area contributed by atoms with Gasteiger partial charge in [-0.3, -0.25) is 4.79 Å². The van der Waals surface area contributed by atoms with E-state index < -0.39 is 0 Å². The van der Waals surface area contributed by atoms with Gasteiger partial charge in [0.2, 0.25) is 5.88 Å². The first-order valence-corrected chi connectivity index (χ1v) is 6.34. The average molecular weight is 235 g/mol. The van der Waals surface area contributed by atoms with E-state index in [4.69, 9.17) is 4.74 Å². The van der Waals surface area contributed by atoms with Gasteiger partial charge in [0.05, 0.1) is 12.8 Å². The topological polar surface area (TPSA) is 56.2 Å². The minimum Gasteiger partial charge on any atom is -0.477 e. The molecule has 0 aromatic carbocycles. The van der Waals surface area contributed by atoms with Crippen LogP contribution in [0.5, 0.6) is 5.88 Å². The highest BCUT2D eigenvalue weighted by Gasteiger charge is 2.24. The fourth-order valence-electron chi connectivity index (χ4n) is 2.56. The highest BCUT2D eigenvalue weighted by atomic mass is 16.5. The Labute approximate surface area is 100 Å². The Balaban J connectivity index is 1.74. The van der Waals surface area contributed by atoms with Crippen LogP contribution in [0.3, 0.4) is 0 Å². The monoisotopic (exact) mass is 235 g/mol. The van der Waals surface area contributed by atoms with E-state index in [0.29, 0.717) is 24.1 Å². The molecule has 1 amide bonds. The summed E-state index contributed by atoms with van der Waals surface area (Å²) in [5.74, 6) is 0.590. The first kappa shape index (κ1) is 10.6. The number of hydrogen-bond donors (Lipinski definition) is 1. The van der Waals surface area contributed by atoms with Crippen molar-refractivity contribution in [1.82, 2.24) is 15.1 Å². The number of hydrogen-bond acceptors (Lipinski definition) is 3. The highest BCUT2D eigenvalue weighted by molar-refractivity contribution is 5.96. The van der Waals surface area contributed by atoms with Gasteiger partial charge in [0, 0.05) is 19.0 Å². The Hall–Kier alpha value is -1.52. The zero-order valence-corrected chi connectivity index (χ0v) is 9.82. The number of carbonyl (C=O) groups excluding carboxylic acids is 1. The van der Waals surface area contributed by atoms with Gasteiger partial charge in [-0.15, -0.1) is 0 Å². The Morgan fingerprint density at radius 3 is 3.06 bits per heavy atom. The number of carbonyl (C=O) groups is 1. The molecular formula is C12H17N3O2. The Bertz CT molecular complexity index is 421. The minimum atomic E-state index is -0.0416. The summed E-state index contributed by atoms with van der Waals surface area (Å²) >= 11 is 0. The van der Waals surface area contributed by atoms with Crippen molar-refractivity contribution >= 4 is 5.91 Å². The molecule has 1 saturated carbocycles. The van der Waals surface area contributed by atoms with Crippen LogP contribution >= 0.6 is 0 Å². The molecule has 0 unspecified atom stereocenters. The van der Waals surface area contributed by atoms with E-state index in [2.05, 4.69) is 10.4 Å². The van der Waals surface area contributed by atoms with Gasteiger partial charge in [-0.2, -0.15) is 5.10 Å². The molecule has 1 aromatic rings. The van der Waals surface area contributed by atoms with Crippen LogP contribution in [0, 0.1) is 0 Å². The van der Waals surface area contributed by atoms with E-state index in [9.17, 15) is 4.79 Å². The van der Waals surface area contributed by atoms with E-state index >= 15 is 0 Å². The van der Waals surface area contributed by atoms with Crippen molar-refractivity contribution in [3.05, 3.63) is 11.8 Å². The molecule has 0 saturated heterocycles. The van der Waals surface area contributed by atoms with Crippen LogP contribution in [0.4, 0.5) is 0 Å². The lowest BCUT2D eigenvalue weighted by Crippen LogP contribution is -2.33. The summed E-state index contributed by atoms with van der Waals surface area (Å²) in [5.41, 5.74) is 0.580. The average Bonchev–Trinajstić information content (AvgIpc) is 2.96. The fraction of sp³-hybridized carbons (Fsp3) is 0.667. The number of rotatable bonds is 2. The molecule has 2 aliphatic rings. The summed E-state index contributed by atoms with van der Waals surface area (Å²) in [7, 11) is 0. The molecule has 2 heterocycles. The smallest absolute Gasteiger partial charge is 0.258 e. The molecule has 92 valence electrons. The maximum absolute atomic E-state index is 12.1. The van der Waals surface area contributed by atoms with Crippen molar-refractivity contribution in [3.8, 4) is 5.88 Å². The normalized spacial score (nSPS) is 19.8. The predicted molar refractivity (Wildman–Crippen MR) is 62.1 cm³/mol. The molecule has 3 rings (SSSR count). The molecule has 1 fully saturated rings. The largest absolute Gasteiger partial charge is 0.477 e. The molecule has 5 heteroatoms. The van der Waals surface area contributed by atoms with Crippen LogP contribution in [0.25, 0.3) is 0 Å². The van der Waals surface area contributed by atoms with Crippen molar-refractivity contribution in [2.45, 2.75) is 44.7 Å². The lowest BCUT2D eigenvalue weighted by Gasteiger charge is -2.17. The van der Waals surface area contributed by atoms with Crippen LogP contribution in [0.2, 0.25) is 0 Å². The summed E-state index contributed by atoms with van der Waals surface area (Å²) in [6.07, 6.45) is 7.19. The molecule has 1 N–H and O–H groups in total. The van der Waals surface area contributed by atoms with Gasteiger partial charge >= 0.3 is 0 Å². The van der Waals surface area contributed by atoms with Crippen molar-refractivity contribution in [1.29, 1.82) is 0 Å². The van der Waals surface area contributed by atoms with E-state index in [-0.39, 0.29) is 5.91 Å². The van der Waals surface area contributed by atoms with Crippen LogP contribution in [0.15, 0.2) is 6.20 Å². The molecule has 0 atom stereocenters. The number of amides is 1. The molecule has 0 spiro atoms. The van der Waals surface area contributed by atoms with Crippen LogP contribution in [0.1, 0.15) is 42.5 Å². The number of fused-ring (bicyclic) bond motifs is 1. The van der Waals surface area contributed by atoms with Gasteiger partial charge in [-0.05, 0) is 12.8 Å². The second kappa shape index (κ2) is 4.39. The van der Waals surface area contributed by atoms with Crippen molar-refractivity contribution in [2.24, 2.45) is 0 Å². The van der Waals surface area contributed by atoms with Gasteiger partial charge in [0.1, 0.15) is 5.56 Å². The molecule has 1 aliphatic carbocycles. The molecule has 1 aromatic heterocycles. The number of ether oxygens (including phenoxy) is 1. The highest BCUT2D eigenvalue weighted by Crippen LogP contribution is 2.23. The molecule has 5 nitrogen and oxygen atoms in total. The minimum absolute atomic E-state index is 0.0416. The Morgan fingerprint density at radius 1 is 1.41 bits per heavy atom. The third kappa shape index (κ3) is 2.01. The maximum atomic E-state index is 12.1. The SMILES string of the molecule is O=C(NC1CCCC1)c1cnn2c1OCCC2. The summed E-state index contributed by atoms with van der Waals surface area (Å²) < 4.78 is 7.29. The van der Waals surface area contributed by atoms with Gasteiger partial charge in [0.25, 0.3) is 5.91 Å². The Kier molecular flexibility index (Phi) is 2.74. The second-order valence-corrected chi connectivity index (χ2v) is 4.74. The van der Waals surface area contributed by atoms with Crippen LogP contribution < -0.4 is 10.1 Å². The predicted octanol–water partition coefficient (Wildman–Crippen LogP) is 1.34. The molecule has 17 heavy (non-hydrogen) atoms. The van der Waals surface area contributed by atoms with Gasteiger partial charge in [-0.25, -0.2) is 4.68 Å². The number of nitrogens with one attached hydrogen (secondary N) is 1. The summed E-state index contributed by atoms with van der Waals surface area (Å²) in [5, 5.41) is 7.24. The first-order chi connectivity index (χ1) is 8.34. The Morgan fingerprint density at radius 2 is 2.24 bits per heavy atom. The lowest BCUT2D eigenvalue weighted by molar-refractivity contribution is 0.0931. The number of nitrogens with zero attached hydrogens (tertiary/aromatic N) is 2. The third-order valence-corrected chi connectivity index (χ3v) is 3.48. The fourth-order valence-corrected chi connectivity index (χ4v) is 2.56. The number of aryl methyl sites for hydroxylation is 1. The van der Waals surface area contributed by atoms with E-state index in [1.165, 1.54) is 12.8 Å². The van der Waals surface area contributed by atoms with Crippen molar-refractivity contribution in [3.63, 3.8) is 0 Å². The summed E-state index contributed by atoms with van der Waals surface area (Å²) in [4.78, 5) is 12.1. The molecule has 1 aliphatic heterocycles. The molecule has 0 radical (unpaired) electrons.